The number of carboxylic acids is 1. The van der Waals surface area contributed by atoms with E-state index in [9.17, 15) is 9.59 Å². The predicted octanol–water partition coefficient (Wildman–Crippen LogP) is 2.78. The van der Waals surface area contributed by atoms with Gasteiger partial charge < -0.3 is 19.6 Å². The fourth-order valence-corrected chi connectivity index (χ4v) is 2.38. The van der Waals surface area contributed by atoms with Crippen LogP contribution in [0.4, 0.5) is 0 Å². The van der Waals surface area contributed by atoms with E-state index < -0.39 is 5.97 Å². The lowest BCUT2D eigenvalue weighted by Gasteiger charge is -2.07. The maximum absolute atomic E-state index is 12.0. The summed E-state index contributed by atoms with van der Waals surface area (Å²) in [6.45, 7) is 0.592. The second kappa shape index (κ2) is 8.66. The zero-order valence-corrected chi connectivity index (χ0v) is 14.4. The topological polar surface area (TPSA) is 102 Å². The Morgan fingerprint density at radius 2 is 1.81 bits per heavy atom. The Balaban J connectivity index is 1.41. The molecule has 1 aromatic heterocycles. The highest BCUT2D eigenvalue weighted by Gasteiger charge is 2.10. The minimum Gasteiger partial charge on any atom is -0.492 e. The van der Waals surface area contributed by atoms with Crippen molar-refractivity contribution in [2.24, 2.45) is 0 Å². The van der Waals surface area contributed by atoms with Crippen LogP contribution < -0.4 is 10.1 Å². The molecule has 0 aliphatic heterocycles. The van der Waals surface area contributed by atoms with Crippen LogP contribution in [0.1, 0.15) is 16.1 Å². The first kappa shape index (κ1) is 18.2. The number of ether oxygens (including phenoxy) is 1. The summed E-state index contributed by atoms with van der Waals surface area (Å²) < 4.78 is 10.9. The van der Waals surface area contributed by atoms with Crippen molar-refractivity contribution in [3.63, 3.8) is 0 Å². The fourth-order valence-electron chi connectivity index (χ4n) is 2.38. The van der Waals surface area contributed by atoms with E-state index in [1.54, 1.807) is 12.1 Å². The largest absolute Gasteiger partial charge is 0.492 e. The molecule has 0 saturated carbocycles. The van der Waals surface area contributed by atoms with E-state index >= 15 is 0 Å². The molecule has 0 aliphatic carbocycles. The molecule has 3 aromatic rings. The number of hydrogen-bond acceptors (Lipinski definition) is 5. The van der Waals surface area contributed by atoms with Crippen LogP contribution in [-0.2, 0) is 11.2 Å². The molecule has 0 aliphatic rings. The van der Waals surface area contributed by atoms with Gasteiger partial charge in [0.05, 0.1) is 24.2 Å². The first-order valence-electron chi connectivity index (χ1n) is 8.34. The van der Waals surface area contributed by atoms with Gasteiger partial charge >= 0.3 is 5.97 Å². The highest BCUT2D eigenvalue weighted by molar-refractivity contribution is 5.87. The summed E-state index contributed by atoms with van der Waals surface area (Å²) in [7, 11) is 0. The highest BCUT2D eigenvalue weighted by atomic mass is 16.5. The van der Waals surface area contributed by atoms with Gasteiger partial charge in [0.2, 0.25) is 11.8 Å². The minimum absolute atomic E-state index is 0.115. The number of aromatic carboxylic acids is 1. The summed E-state index contributed by atoms with van der Waals surface area (Å²) in [5, 5.41) is 11.6. The van der Waals surface area contributed by atoms with Crippen molar-refractivity contribution < 1.29 is 23.8 Å². The average molecular weight is 366 g/mol. The molecule has 7 heteroatoms. The second-order valence-electron chi connectivity index (χ2n) is 5.71. The van der Waals surface area contributed by atoms with E-state index in [0.717, 1.165) is 5.56 Å². The third kappa shape index (κ3) is 5.18. The van der Waals surface area contributed by atoms with Crippen LogP contribution in [-0.4, -0.2) is 35.1 Å². The highest BCUT2D eigenvalue weighted by Crippen LogP contribution is 2.18. The molecule has 0 radical (unpaired) electrons. The minimum atomic E-state index is -0.989. The Morgan fingerprint density at radius 3 is 2.52 bits per heavy atom. The maximum Gasteiger partial charge on any atom is 0.335 e. The Morgan fingerprint density at radius 1 is 1.07 bits per heavy atom. The molecule has 2 aromatic carbocycles. The van der Waals surface area contributed by atoms with Crippen molar-refractivity contribution in [3.05, 3.63) is 72.1 Å². The van der Waals surface area contributed by atoms with Crippen molar-refractivity contribution in [1.29, 1.82) is 0 Å². The predicted molar refractivity (Wildman–Crippen MR) is 97.5 cm³/mol. The van der Waals surface area contributed by atoms with Gasteiger partial charge in [-0.25, -0.2) is 9.78 Å². The van der Waals surface area contributed by atoms with Gasteiger partial charge in [-0.3, -0.25) is 4.79 Å². The molecular weight excluding hydrogens is 348 g/mol. The van der Waals surface area contributed by atoms with Crippen molar-refractivity contribution >= 4 is 11.9 Å². The average Bonchev–Trinajstić information content (AvgIpc) is 3.15. The molecule has 0 atom stereocenters. The number of rotatable bonds is 8. The van der Waals surface area contributed by atoms with E-state index in [-0.39, 0.29) is 24.5 Å². The molecule has 0 bridgehead atoms. The lowest BCUT2D eigenvalue weighted by Crippen LogP contribution is -2.29. The van der Waals surface area contributed by atoms with Gasteiger partial charge in [0, 0.05) is 5.56 Å². The molecule has 7 nitrogen and oxygen atoms in total. The van der Waals surface area contributed by atoms with Gasteiger partial charge in [0.15, 0.2) is 0 Å². The van der Waals surface area contributed by atoms with Crippen molar-refractivity contribution in [2.45, 2.75) is 6.42 Å². The lowest BCUT2D eigenvalue weighted by atomic mass is 10.2. The second-order valence-corrected chi connectivity index (χ2v) is 5.71. The Hall–Kier alpha value is -3.61. The number of nitrogens with one attached hydrogen (secondary N) is 1. The number of oxazole rings is 1. The number of nitrogens with zero attached hydrogens (tertiary/aromatic N) is 1. The first-order chi connectivity index (χ1) is 13.1. The smallest absolute Gasteiger partial charge is 0.335 e. The van der Waals surface area contributed by atoms with Gasteiger partial charge in [-0.15, -0.1) is 0 Å². The summed E-state index contributed by atoms with van der Waals surface area (Å²) >= 11 is 0. The molecule has 138 valence electrons. The Labute approximate surface area is 155 Å². The SMILES string of the molecule is O=C(Cc1coc(-c2ccccc2)n1)NCCOc1ccc(C(=O)O)cc1. The number of carbonyl (C=O) groups excluding carboxylic acids is 1. The molecule has 2 N–H and O–H groups in total. The number of hydrogen-bond donors (Lipinski definition) is 2. The van der Waals surface area contributed by atoms with Gasteiger partial charge in [-0.2, -0.15) is 0 Å². The van der Waals surface area contributed by atoms with Gasteiger partial charge in [0.1, 0.15) is 18.6 Å². The molecule has 0 saturated heterocycles. The van der Waals surface area contributed by atoms with E-state index in [0.29, 0.717) is 23.9 Å². The van der Waals surface area contributed by atoms with E-state index in [1.807, 2.05) is 30.3 Å². The third-order valence-electron chi connectivity index (χ3n) is 3.71. The van der Waals surface area contributed by atoms with E-state index in [2.05, 4.69) is 10.3 Å². The molecule has 1 heterocycles. The zero-order chi connectivity index (χ0) is 19.1. The summed E-state index contributed by atoms with van der Waals surface area (Å²) in [5.41, 5.74) is 1.60. The Kier molecular flexibility index (Phi) is 5.84. The molecule has 0 spiro atoms. The number of carbonyl (C=O) groups is 2. The lowest BCUT2D eigenvalue weighted by molar-refractivity contribution is -0.120. The standard InChI is InChI=1S/C20H18N2O5/c23-18(12-16-13-27-19(22-16)14-4-2-1-3-5-14)21-10-11-26-17-8-6-15(7-9-17)20(24)25/h1-9,13H,10-12H2,(H,21,23)(H,24,25). The molecule has 0 unspecified atom stereocenters. The van der Waals surface area contributed by atoms with Gasteiger partial charge in [-0.05, 0) is 36.4 Å². The van der Waals surface area contributed by atoms with E-state index in [1.165, 1.54) is 18.4 Å². The van der Waals surface area contributed by atoms with Gasteiger partial charge in [-0.1, -0.05) is 18.2 Å². The molecule has 3 rings (SSSR count). The number of carboxylic acid groups (broad SMARTS) is 1. The van der Waals surface area contributed by atoms with Crippen LogP contribution in [0.15, 0.2) is 65.3 Å². The van der Waals surface area contributed by atoms with Crippen LogP contribution in [0.25, 0.3) is 11.5 Å². The van der Waals surface area contributed by atoms with Gasteiger partial charge in [0.25, 0.3) is 0 Å². The van der Waals surface area contributed by atoms with Crippen molar-refractivity contribution in [1.82, 2.24) is 10.3 Å². The molecular formula is C20H18N2O5. The Bertz CT molecular complexity index is 904. The summed E-state index contributed by atoms with van der Waals surface area (Å²) in [6, 6.07) is 15.5. The molecule has 0 fully saturated rings. The quantitative estimate of drug-likeness (QED) is 0.595. The van der Waals surface area contributed by atoms with Crippen LogP contribution >= 0.6 is 0 Å². The third-order valence-corrected chi connectivity index (χ3v) is 3.71. The number of amides is 1. The number of aromatic nitrogens is 1. The van der Waals surface area contributed by atoms with Crippen molar-refractivity contribution in [3.8, 4) is 17.2 Å². The number of benzene rings is 2. The van der Waals surface area contributed by atoms with Crippen LogP contribution in [0.3, 0.4) is 0 Å². The van der Waals surface area contributed by atoms with E-state index in [4.69, 9.17) is 14.3 Å². The maximum atomic E-state index is 12.0. The molecule has 1 amide bonds. The molecule has 27 heavy (non-hydrogen) atoms. The van der Waals surface area contributed by atoms with Crippen molar-refractivity contribution in [2.75, 3.05) is 13.2 Å². The van der Waals surface area contributed by atoms with Crippen LogP contribution in [0, 0.1) is 0 Å². The monoisotopic (exact) mass is 366 g/mol. The fraction of sp³-hybridized carbons (Fsp3) is 0.150. The summed E-state index contributed by atoms with van der Waals surface area (Å²) in [4.78, 5) is 27.1. The zero-order valence-electron chi connectivity index (χ0n) is 14.4. The summed E-state index contributed by atoms with van der Waals surface area (Å²) in [6.07, 6.45) is 1.59. The van der Waals surface area contributed by atoms with Crippen LogP contribution in [0.2, 0.25) is 0 Å². The van der Waals surface area contributed by atoms with Crippen LogP contribution in [0.5, 0.6) is 5.75 Å². The first-order valence-corrected chi connectivity index (χ1v) is 8.34. The summed E-state index contributed by atoms with van der Waals surface area (Å²) in [5.74, 6) is -0.158. The normalized spacial score (nSPS) is 10.4.